The number of aliphatic carboxylic acids is 1. The van der Waals surface area contributed by atoms with Gasteiger partial charge in [-0.2, -0.15) is 0 Å². The van der Waals surface area contributed by atoms with Gasteiger partial charge in [0, 0.05) is 18.7 Å². The highest BCUT2D eigenvalue weighted by atomic mass is 16.4. The van der Waals surface area contributed by atoms with Gasteiger partial charge in [-0.15, -0.1) is 0 Å². The molecule has 1 aromatic heterocycles. The molecule has 2 atom stereocenters. The molecule has 1 aromatic rings. The number of carbonyl (C=O) groups excluding carboxylic acids is 1. The van der Waals surface area contributed by atoms with E-state index >= 15 is 0 Å². The summed E-state index contributed by atoms with van der Waals surface area (Å²) in [6, 6.07) is 0.712. The molecule has 0 spiro atoms. The van der Waals surface area contributed by atoms with Crippen LogP contribution >= 0.6 is 0 Å². The summed E-state index contributed by atoms with van der Waals surface area (Å²) in [5.41, 5.74) is 0.855. The fraction of sp³-hybridized carbons (Fsp3) is 0.571. The van der Waals surface area contributed by atoms with Crippen LogP contribution in [-0.2, 0) is 11.3 Å². The third-order valence-corrected chi connectivity index (χ3v) is 3.86. The Labute approximate surface area is 117 Å². The molecule has 1 saturated heterocycles. The third-order valence-electron chi connectivity index (χ3n) is 3.86. The highest BCUT2D eigenvalue weighted by Gasteiger charge is 2.35. The predicted molar refractivity (Wildman–Crippen MR) is 72.1 cm³/mol. The summed E-state index contributed by atoms with van der Waals surface area (Å²) in [4.78, 5) is 24.9. The minimum Gasteiger partial charge on any atom is -0.480 e. The van der Waals surface area contributed by atoms with Crippen molar-refractivity contribution in [2.24, 2.45) is 5.92 Å². The molecule has 1 aliphatic heterocycles. The van der Waals surface area contributed by atoms with Crippen LogP contribution in [0.1, 0.15) is 31.7 Å². The molecule has 6 heteroatoms. The zero-order valence-corrected chi connectivity index (χ0v) is 11.5. The van der Waals surface area contributed by atoms with E-state index in [1.807, 2.05) is 0 Å². The largest absolute Gasteiger partial charge is 0.480 e. The van der Waals surface area contributed by atoms with Gasteiger partial charge >= 0.3 is 12.0 Å². The van der Waals surface area contributed by atoms with Crippen molar-refractivity contribution in [1.82, 2.24) is 10.2 Å². The summed E-state index contributed by atoms with van der Waals surface area (Å²) in [7, 11) is 0. The molecule has 0 radical (unpaired) electrons. The fourth-order valence-corrected chi connectivity index (χ4v) is 2.56. The Bertz CT molecular complexity index is 458. The summed E-state index contributed by atoms with van der Waals surface area (Å²) in [6.07, 6.45) is 5.44. The number of urea groups is 1. The van der Waals surface area contributed by atoms with Gasteiger partial charge in [0.15, 0.2) is 0 Å². The third kappa shape index (κ3) is 3.31. The molecule has 0 aromatic carbocycles. The molecule has 0 bridgehead atoms. The standard InChI is InChI=1S/C14H20N2O4/c1-2-10-3-5-16(12(7-10)13(17)18)14(19)15-8-11-4-6-20-9-11/h4,6,9-10,12H,2-3,5,7-8H2,1H3,(H,15,19)(H,17,18). The molecule has 1 aliphatic rings. The summed E-state index contributed by atoms with van der Waals surface area (Å²) in [5, 5.41) is 12.0. The Morgan fingerprint density at radius 3 is 2.95 bits per heavy atom. The molecule has 2 amide bonds. The van der Waals surface area contributed by atoms with E-state index in [0.29, 0.717) is 25.4 Å². The van der Waals surface area contributed by atoms with Crippen molar-refractivity contribution >= 4 is 12.0 Å². The number of rotatable bonds is 4. The van der Waals surface area contributed by atoms with Crippen LogP contribution in [-0.4, -0.2) is 34.6 Å². The molecular weight excluding hydrogens is 260 g/mol. The van der Waals surface area contributed by atoms with Gasteiger partial charge in [-0.3, -0.25) is 0 Å². The van der Waals surface area contributed by atoms with Gasteiger partial charge in [0.05, 0.1) is 12.5 Å². The summed E-state index contributed by atoms with van der Waals surface area (Å²) < 4.78 is 4.92. The van der Waals surface area contributed by atoms with Crippen molar-refractivity contribution in [2.75, 3.05) is 6.54 Å². The average molecular weight is 280 g/mol. The van der Waals surface area contributed by atoms with Gasteiger partial charge in [0.2, 0.25) is 0 Å². The van der Waals surface area contributed by atoms with E-state index in [1.54, 1.807) is 12.3 Å². The van der Waals surface area contributed by atoms with Crippen molar-refractivity contribution in [2.45, 2.75) is 38.8 Å². The number of furan rings is 1. The quantitative estimate of drug-likeness (QED) is 0.884. The zero-order chi connectivity index (χ0) is 14.5. The molecule has 0 saturated carbocycles. The van der Waals surface area contributed by atoms with Gasteiger partial charge in [0.25, 0.3) is 0 Å². The van der Waals surface area contributed by atoms with E-state index in [0.717, 1.165) is 18.4 Å². The van der Waals surface area contributed by atoms with Crippen molar-refractivity contribution in [3.63, 3.8) is 0 Å². The van der Waals surface area contributed by atoms with Crippen molar-refractivity contribution in [1.29, 1.82) is 0 Å². The Morgan fingerprint density at radius 2 is 2.35 bits per heavy atom. The fourth-order valence-electron chi connectivity index (χ4n) is 2.56. The number of piperidine rings is 1. The summed E-state index contributed by atoms with van der Waals surface area (Å²) >= 11 is 0. The monoisotopic (exact) mass is 280 g/mol. The Hall–Kier alpha value is -1.98. The molecule has 2 N–H and O–H groups in total. The molecule has 1 fully saturated rings. The number of nitrogens with zero attached hydrogens (tertiary/aromatic N) is 1. The van der Waals surface area contributed by atoms with Crippen LogP contribution in [0.2, 0.25) is 0 Å². The number of likely N-dealkylation sites (tertiary alicyclic amines) is 1. The SMILES string of the molecule is CCC1CCN(C(=O)NCc2ccoc2)C(C(=O)O)C1. The topological polar surface area (TPSA) is 82.8 Å². The van der Waals surface area contributed by atoms with E-state index in [-0.39, 0.29) is 6.03 Å². The van der Waals surface area contributed by atoms with Gasteiger partial charge in [0.1, 0.15) is 6.04 Å². The van der Waals surface area contributed by atoms with Crippen LogP contribution in [0.3, 0.4) is 0 Å². The highest BCUT2D eigenvalue weighted by molar-refractivity contribution is 5.82. The molecule has 6 nitrogen and oxygen atoms in total. The van der Waals surface area contributed by atoms with Crippen LogP contribution in [0.25, 0.3) is 0 Å². The summed E-state index contributed by atoms with van der Waals surface area (Å²) in [6.45, 7) is 2.89. The maximum absolute atomic E-state index is 12.1. The Balaban J connectivity index is 1.94. The lowest BCUT2D eigenvalue weighted by Crippen LogP contribution is -2.53. The first-order valence-electron chi connectivity index (χ1n) is 6.90. The number of hydrogen-bond donors (Lipinski definition) is 2. The van der Waals surface area contributed by atoms with E-state index in [4.69, 9.17) is 4.42 Å². The lowest BCUT2D eigenvalue weighted by molar-refractivity contribution is -0.144. The number of nitrogens with one attached hydrogen (secondary N) is 1. The normalized spacial score (nSPS) is 22.6. The molecule has 2 unspecified atom stereocenters. The first-order chi connectivity index (χ1) is 9.61. The zero-order valence-electron chi connectivity index (χ0n) is 11.5. The van der Waals surface area contributed by atoms with Crippen molar-refractivity contribution < 1.29 is 19.1 Å². The molecule has 2 heterocycles. The van der Waals surface area contributed by atoms with E-state index in [2.05, 4.69) is 12.2 Å². The van der Waals surface area contributed by atoms with Gasteiger partial charge in [-0.1, -0.05) is 13.3 Å². The highest BCUT2D eigenvalue weighted by Crippen LogP contribution is 2.25. The second kappa shape index (κ2) is 6.45. The van der Waals surface area contributed by atoms with E-state index in [9.17, 15) is 14.7 Å². The lowest BCUT2D eigenvalue weighted by Gasteiger charge is -2.36. The number of carboxylic acids is 1. The Morgan fingerprint density at radius 1 is 1.55 bits per heavy atom. The number of carboxylic acid groups (broad SMARTS) is 1. The van der Waals surface area contributed by atoms with Crippen LogP contribution in [0, 0.1) is 5.92 Å². The van der Waals surface area contributed by atoms with Crippen molar-refractivity contribution in [3.05, 3.63) is 24.2 Å². The second-order valence-electron chi connectivity index (χ2n) is 5.14. The minimum atomic E-state index is -0.929. The maximum Gasteiger partial charge on any atom is 0.326 e. The van der Waals surface area contributed by atoms with Crippen LogP contribution in [0.4, 0.5) is 4.79 Å². The van der Waals surface area contributed by atoms with Gasteiger partial charge in [-0.25, -0.2) is 9.59 Å². The second-order valence-corrected chi connectivity index (χ2v) is 5.14. The minimum absolute atomic E-state index is 0.326. The smallest absolute Gasteiger partial charge is 0.326 e. The maximum atomic E-state index is 12.1. The van der Waals surface area contributed by atoms with E-state index < -0.39 is 12.0 Å². The lowest BCUT2D eigenvalue weighted by atomic mass is 9.89. The van der Waals surface area contributed by atoms with Crippen LogP contribution < -0.4 is 5.32 Å². The summed E-state index contributed by atoms with van der Waals surface area (Å²) in [5.74, 6) is -0.546. The first-order valence-corrected chi connectivity index (χ1v) is 6.90. The van der Waals surface area contributed by atoms with Crippen molar-refractivity contribution in [3.8, 4) is 0 Å². The van der Waals surface area contributed by atoms with E-state index in [1.165, 1.54) is 11.2 Å². The van der Waals surface area contributed by atoms with Crippen LogP contribution in [0.5, 0.6) is 0 Å². The van der Waals surface area contributed by atoms with Gasteiger partial charge < -0.3 is 19.7 Å². The predicted octanol–water partition coefficient (Wildman–Crippen LogP) is 2.06. The number of hydrogen-bond acceptors (Lipinski definition) is 3. The Kier molecular flexibility index (Phi) is 4.65. The molecular formula is C14H20N2O4. The number of amides is 2. The molecule has 110 valence electrons. The van der Waals surface area contributed by atoms with Crippen LogP contribution in [0.15, 0.2) is 23.0 Å². The molecule has 2 rings (SSSR count). The van der Waals surface area contributed by atoms with Gasteiger partial charge in [-0.05, 0) is 24.8 Å². The molecule has 0 aliphatic carbocycles. The first kappa shape index (κ1) is 14.4. The molecule has 20 heavy (non-hydrogen) atoms. The average Bonchev–Trinajstić information content (AvgIpc) is 2.97. The number of carbonyl (C=O) groups is 2.